The molecule has 0 N–H and O–H groups in total. The van der Waals surface area contributed by atoms with Gasteiger partial charge in [-0.2, -0.15) is 0 Å². The lowest BCUT2D eigenvalue weighted by Crippen LogP contribution is -2.30. The minimum atomic E-state index is -0.813. The first kappa shape index (κ1) is 77.5. The van der Waals surface area contributed by atoms with E-state index in [4.69, 9.17) is 14.2 Å². The Bertz CT molecular complexity index is 1730. The van der Waals surface area contributed by atoms with Crippen LogP contribution in [0.15, 0.2) is 134 Å². The van der Waals surface area contributed by atoms with Gasteiger partial charge in [0, 0.05) is 19.3 Å². The van der Waals surface area contributed by atoms with Gasteiger partial charge in [0.15, 0.2) is 6.10 Å². The molecule has 6 heteroatoms. The normalized spacial score (nSPS) is 13.0. The second kappa shape index (κ2) is 69.0. The van der Waals surface area contributed by atoms with Crippen molar-refractivity contribution < 1.29 is 28.6 Å². The molecule has 0 bridgehead atoms. The molecule has 1 unspecified atom stereocenters. The molecule has 1 atom stereocenters. The minimum absolute atomic E-state index is 0.103. The number of hydrogen-bond donors (Lipinski definition) is 0. The number of unbranched alkanes of at least 4 members (excludes halogenated alkanes) is 28. The largest absolute Gasteiger partial charge is 0.462 e. The molecule has 0 fully saturated rings. The highest BCUT2D eigenvalue weighted by atomic mass is 16.6. The fourth-order valence-corrected chi connectivity index (χ4v) is 9.32. The van der Waals surface area contributed by atoms with E-state index >= 15 is 0 Å². The van der Waals surface area contributed by atoms with E-state index in [9.17, 15) is 14.4 Å². The molecule has 0 rings (SSSR count). The topological polar surface area (TPSA) is 78.9 Å². The second-order valence-corrected chi connectivity index (χ2v) is 22.3. The fourth-order valence-electron chi connectivity index (χ4n) is 9.32. The molecule has 0 spiro atoms. The standard InChI is InChI=1S/C76H126O6/c1-4-7-10-13-16-19-22-25-27-29-30-31-32-33-34-35-36-37-38-39-40-41-42-43-44-45-46-48-49-51-54-57-60-63-66-69-75(78)81-72-73(71-80-74(77)68-65-62-59-56-53-24-21-18-15-12-9-6-3)82-76(79)70-67-64-61-58-55-52-50-47-28-26-23-20-17-14-11-8-5-2/h7-8,10-11,16-21,25-28,30-31,33-34,50,52,58,61,73H,4-6,9,12-15,22-24,29,32,35-49,51,53-57,59-60,62-72H2,1-3H3/b10-7-,11-8-,19-16-,20-17-,21-18-,27-25-,28-26-,31-30-,34-33-,52-50-,61-58-. The highest BCUT2D eigenvalue weighted by molar-refractivity contribution is 5.71. The quantitative estimate of drug-likeness (QED) is 0.0261. The Kier molecular flexibility index (Phi) is 65.3. The Morgan fingerprint density at radius 3 is 0.793 bits per heavy atom. The lowest BCUT2D eigenvalue weighted by Gasteiger charge is -2.18. The average Bonchev–Trinajstić information content (AvgIpc) is 3.47. The van der Waals surface area contributed by atoms with Gasteiger partial charge in [-0.3, -0.25) is 14.4 Å². The molecule has 0 saturated carbocycles. The number of rotatable bonds is 61. The first-order chi connectivity index (χ1) is 40.5. The van der Waals surface area contributed by atoms with Gasteiger partial charge in [0.1, 0.15) is 13.2 Å². The van der Waals surface area contributed by atoms with Gasteiger partial charge in [0.2, 0.25) is 0 Å². The fraction of sp³-hybridized carbons (Fsp3) is 0.671. The third-order valence-corrected chi connectivity index (χ3v) is 14.4. The zero-order chi connectivity index (χ0) is 59.2. The van der Waals surface area contributed by atoms with E-state index in [1.807, 2.05) is 0 Å². The molecule has 0 aliphatic rings. The van der Waals surface area contributed by atoms with Crippen molar-refractivity contribution in [2.45, 2.75) is 316 Å². The van der Waals surface area contributed by atoms with E-state index in [2.05, 4.69) is 154 Å². The van der Waals surface area contributed by atoms with Crippen molar-refractivity contribution in [3.8, 4) is 0 Å². The summed E-state index contributed by atoms with van der Waals surface area (Å²) < 4.78 is 16.9. The lowest BCUT2D eigenvalue weighted by atomic mass is 10.0. The van der Waals surface area contributed by atoms with E-state index in [-0.39, 0.29) is 37.5 Å². The summed E-state index contributed by atoms with van der Waals surface area (Å²) in [6.07, 6.45) is 97.8. The number of ether oxygens (including phenoxy) is 3. The third kappa shape index (κ3) is 66.4. The van der Waals surface area contributed by atoms with E-state index in [1.165, 1.54) is 141 Å². The third-order valence-electron chi connectivity index (χ3n) is 14.4. The molecule has 0 amide bonds. The molecular weight excluding hydrogens is 1010 g/mol. The highest BCUT2D eigenvalue weighted by Gasteiger charge is 2.19. The van der Waals surface area contributed by atoms with Gasteiger partial charge >= 0.3 is 17.9 Å². The van der Waals surface area contributed by atoms with Crippen LogP contribution < -0.4 is 0 Å². The number of hydrogen-bond acceptors (Lipinski definition) is 6. The van der Waals surface area contributed by atoms with E-state index in [1.54, 1.807) is 0 Å². The van der Waals surface area contributed by atoms with E-state index in [0.717, 1.165) is 122 Å². The van der Waals surface area contributed by atoms with Crippen LogP contribution in [0, 0.1) is 0 Å². The van der Waals surface area contributed by atoms with Crippen LogP contribution >= 0.6 is 0 Å². The number of carbonyl (C=O) groups is 3. The molecule has 0 aromatic carbocycles. The van der Waals surface area contributed by atoms with Crippen molar-refractivity contribution in [3.05, 3.63) is 134 Å². The Hall–Kier alpha value is -4.45. The zero-order valence-electron chi connectivity index (χ0n) is 53.5. The molecule has 0 heterocycles. The van der Waals surface area contributed by atoms with Crippen LogP contribution in [0.25, 0.3) is 0 Å². The van der Waals surface area contributed by atoms with Gasteiger partial charge in [-0.1, -0.05) is 296 Å². The summed E-state index contributed by atoms with van der Waals surface area (Å²) >= 11 is 0. The SMILES string of the molecule is CC/C=C\C/C=C\C/C=C\C/C=C\C/C=C\CCCCCCCCCCCCCCCCCCCCCC(=O)OCC(COC(=O)CCCCCCC/C=C\CCCCC)OC(=O)CCC/C=C\C/C=C\C/C=C\C/C=C\C/C=C\CC. The second-order valence-electron chi connectivity index (χ2n) is 22.3. The smallest absolute Gasteiger partial charge is 0.306 e. The summed E-state index contributed by atoms with van der Waals surface area (Å²) in [4.78, 5) is 38.3. The summed E-state index contributed by atoms with van der Waals surface area (Å²) in [5.74, 6) is -0.965. The summed E-state index contributed by atoms with van der Waals surface area (Å²) in [5.41, 5.74) is 0. The average molecular weight is 1140 g/mol. The van der Waals surface area contributed by atoms with Gasteiger partial charge in [0.05, 0.1) is 0 Å². The Balaban J connectivity index is 4.18. The highest BCUT2D eigenvalue weighted by Crippen LogP contribution is 2.17. The van der Waals surface area contributed by atoms with Gasteiger partial charge in [-0.25, -0.2) is 0 Å². The number of allylic oxidation sites excluding steroid dienone is 22. The minimum Gasteiger partial charge on any atom is -0.462 e. The summed E-state index contributed by atoms with van der Waals surface area (Å²) in [5, 5.41) is 0. The van der Waals surface area contributed by atoms with Gasteiger partial charge in [-0.15, -0.1) is 0 Å². The predicted molar refractivity (Wildman–Crippen MR) is 357 cm³/mol. The molecule has 0 radical (unpaired) electrons. The molecule has 0 aromatic rings. The number of esters is 3. The Morgan fingerprint density at radius 2 is 0.488 bits per heavy atom. The van der Waals surface area contributed by atoms with Gasteiger partial charge in [0.25, 0.3) is 0 Å². The van der Waals surface area contributed by atoms with Crippen LogP contribution in [-0.4, -0.2) is 37.2 Å². The van der Waals surface area contributed by atoms with Crippen LogP contribution in [0.1, 0.15) is 310 Å². The van der Waals surface area contributed by atoms with E-state index < -0.39 is 6.10 Å². The maximum absolute atomic E-state index is 12.9. The van der Waals surface area contributed by atoms with Gasteiger partial charge in [-0.05, 0) is 128 Å². The first-order valence-electron chi connectivity index (χ1n) is 34.2. The lowest BCUT2D eigenvalue weighted by molar-refractivity contribution is -0.167. The molecule has 0 saturated heterocycles. The van der Waals surface area contributed by atoms with Crippen molar-refractivity contribution in [2.24, 2.45) is 0 Å². The molecule has 466 valence electrons. The summed E-state index contributed by atoms with van der Waals surface area (Å²) in [7, 11) is 0. The molecule has 82 heavy (non-hydrogen) atoms. The van der Waals surface area contributed by atoms with Crippen molar-refractivity contribution in [1.29, 1.82) is 0 Å². The summed E-state index contributed by atoms with van der Waals surface area (Å²) in [6.45, 7) is 6.35. The molecule has 0 aliphatic carbocycles. The van der Waals surface area contributed by atoms with Crippen molar-refractivity contribution in [1.82, 2.24) is 0 Å². The Labute approximate surface area is 506 Å². The maximum atomic E-state index is 12.9. The van der Waals surface area contributed by atoms with Crippen molar-refractivity contribution in [2.75, 3.05) is 13.2 Å². The van der Waals surface area contributed by atoms with Gasteiger partial charge < -0.3 is 14.2 Å². The van der Waals surface area contributed by atoms with Crippen LogP contribution in [-0.2, 0) is 28.6 Å². The van der Waals surface area contributed by atoms with Crippen molar-refractivity contribution >= 4 is 17.9 Å². The predicted octanol–water partition coefficient (Wildman–Crippen LogP) is 23.7. The Morgan fingerprint density at radius 1 is 0.256 bits per heavy atom. The van der Waals surface area contributed by atoms with Crippen molar-refractivity contribution in [3.63, 3.8) is 0 Å². The molecule has 6 nitrogen and oxygen atoms in total. The maximum Gasteiger partial charge on any atom is 0.306 e. The molecule has 0 aromatic heterocycles. The van der Waals surface area contributed by atoms with Crippen LogP contribution in [0.5, 0.6) is 0 Å². The van der Waals surface area contributed by atoms with Crippen LogP contribution in [0.4, 0.5) is 0 Å². The first-order valence-corrected chi connectivity index (χ1v) is 34.2. The molecular formula is C76H126O6. The summed E-state index contributed by atoms with van der Waals surface area (Å²) in [6, 6.07) is 0. The zero-order valence-corrected chi connectivity index (χ0v) is 53.5. The number of carbonyl (C=O) groups excluding carboxylic acids is 3. The molecule has 0 aliphatic heterocycles. The monoisotopic (exact) mass is 1130 g/mol. The van der Waals surface area contributed by atoms with Crippen LogP contribution in [0.2, 0.25) is 0 Å². The van der Waals surface area contributed by atoms with E-state index in [0.29, 0.717) is 19.3 Å². The van der Waals surface area contributed by atoms with Crippen LogP contribution in [0.3, 0.4) is 0 Å².